The van der Waals surface area contributed by atoms with Gasteiger partial charge < -0.3 is 5.11 Å². The van der Waals surface area contributed by atoms with Crippen LogP contribution in [0.3, 0.4) is 0 Å². The van der Waals surface area contributed by atoms with E-state index in [1.54, 1.807) is 24.6 Å². The molecule has 0 radical (unpaired) electrons. The Morgan fingerprint density at radius 1 is 1.24 bits per heavy atom. The van der Waals surface area contributed by atoms with E-state index in [-0.39, 0.29) is 6.61 Å². The van der Waals surface area contributed by atoms with Gasteiger partial charge >= 0.3 is 0 Å². The summed E-state index contributed by atoms with van der Waals surface area (Å²) >= 11 is 1.21. The van der Waals surface area contributed by atoms with Crippen molar-refractivity contribution in [1.29, 1.82) is 0 Å². The molecule has 0 aliphatic heterocycles. The molecule has 0 amide bonds. The van der Waals surface area contributed by atoms with Crippen molar-refractivity contribution in [1.82, 2.24) is 4.31 Å². The van der Waals surface area contributed by atoms with E-state index in [1.807, 2.05) is 24.3 Å². The molecule has 1 aromatic carbocycles. The maximum absolute atomic E-state index is 12.3. The van der Waals surface area contributed by atoms with Crippen LogP contribution in [0.15, 0.2) is 46.0 Å². The fourth-order valence-corrected chi connectivity index (χ4v) is 4.10. The second-order valence-corrected chi connectivity index (χ2v) is 7.57. The molecule has 1 aromatic heterocycles. The topological polar surface area (TPSA) is 57.6 Å². The molecule has 1 heterocycles. The summed E-state index contributed by atoms with van der Waals surface area (Å²) in [5.41, 5.74) is 1.67. The van der Waals surface area contributed by atoms with Crippen molar-refractivity contribution in [2.75, 3.05) is 13.7 Å². The number of aliphatic hydroxyl groups excluding tert-OH is 1. The molecule has 21 heavy (non-hydrogen) atoms. The first-order chi connectivity index (χ1) is 10.0. The largest absolute Gasteiger partial charge is 0.384 e. The van der Waals surface area contributed by atoms with Crippen LogP contribution in [0.4, 0.5) is 0 Å². The average molecular weight is 321 g/mol. The van der Waals surface area contributed by atoms with Crippen LogP contribution in [0, 0.1) is 11.8 Å². The van der Waals surface area contributed by atoms with Gasteiger partial charge in [0.15, 0.2) is 0 Å². The lowest BCUT2D eigenvalue weighted by Gasteiger charge is -2.16. The van der Waals surface area contributed by atoms with E-state index in [0.29, 0.717) is 10.8 Å². The van der Waals surface area contributed by atoms with E-state index in [0.717, 1.165) is 11.1 Å². The number of rotatable bonds is 4. The molecular formula is C15H15NO3S2. The highest BCUT2D eigenvalue weighted by Crippen LogP contribution is 2.21. The van der Waals surface area contributed by atoms with E-state index in [1.165, 1.54) is 15.6 Å². The zero-order chi connectivity index (χ0) is 15.3. The molecule has 2 rings (SSSR count). The number of sulfonamides is 1. The Labute approximate surface area is 128 Å². The van der Waals surface area contributed by atoms with Gasteiger partial charge in [-0.15, -0.1) is 11.3 Å². The van der Waals surface area contributed by atoms with Crippen LogP contribution in [-0.4, -0.2) is 31.5 Å². The summed E-state index contributed by atoms with van der Waals surface area (Å²) in [5.74, 6) is 5.37. The third kappa shape index (κ3) is 3.93. The lowest BCUT2D eigenvalue weighted by atomic mass is 10.1. The Bertz CT molecular complexity index is 738. The zero-order valence-corrected chi connectivity index (χ0v) is 13.1. The molecule has 2 aromatic rings. The Balaban J connectivity index is 2.11. The van der Waals surface area contributed by atoms with E-state index < -0.39 is 10.0 Å². The number of hydrogen-bond donors (Lipinski definition) is 1. The first kappa shape index (κ1) is 15.7. The van der Waals surface area contributed by atoms with Crippen molar-refractivity contribution >= 4 is 21.4 Å². The second kappa shape index (κ2) is 6.87. The minimum atomic E-state index is -3.43. The molecule has 0 fully saturated rings. The van der Waals surface area contributed by atoms with E-state index in [2.05, 4.69) is 11.8 Å². The quantitative estimate of drug-likeness (QED) is 0.875. The van der Waals surface area contributed by atoms with Crippen molar-refractivity contribution in [3.8, 4) is 11.8 Å². The molecule has 6 heteroatoms. The van der Waals surface area contributed by atoms with E-state index in [9.17, 15) is 8.42 Å². The first-order valence-corrected chi connectivity index (χ1v) is 8.54. The lowest BCUT2D eigenvalue weighted by Crippen LogP contribution is -2.25. The van der Waals surface area contributed by atoms with Crippen LogP contribution in [-0.2, 0) is 16.6 Å². The molecule has 4 nitrogen and oxygen atoms in total. The molecule has 110 valence electrons. The normalized spacial score (nSPS) is 11.2. The minimum Gasteiger partial charge on any atom is -0.384 e. The van der Waals surface area contributed by atoms with Gasteiger partial charge in [-0.2, -0.15) is 4.31 Å². The molecule has 0 unspecified atom stereocenters. The van der Waals surface area contributed by atoms with Gasteiger partial charge in [-0.25, -0.2) is 8.42 Å². The van der Waals surface area contributed by atoms with Crippen molar-refractivity contribution < 1.29 is 13.5 Å². The van der Waals surface area contributed by atoms with Gasteiger partial charge in [-0.1, -0.05) is 30.0 Å². The molecule has 0 aliphatic carbocycles. The number of thiophene rings is 1. The van der Waals surface area contributed by atoms with Crippen LogP contribution in [0.2, 0.25) is 0 Å². The first-order valence-electron chi connectivity index (χ1n) is 6.22. The smallest absolute Gasteiger partial charge is 0.252 e. The minimum absolute atomic E-state index is 0.177. The summed E-state index contributed by atoms with van der Waals surface area (Å²) in [6.07, 6.45) is 0. The number of nitrogens with zero attached hydrogens (tertiary/aromatic N) is 1. The van der Waals surface area contributed by atoms with Crippen molar-refractivity contribution in [2.24, 2.45) is 0 Å². The Hall–Kier alpha value is -1.65. The highest BCUT2D eigenvalue weighted by atomic mass is 32.2. The summed E-state index contributed by atoms with van der Waals surface area (Å²) in [7, 11) is -1.86. The third-order valence-electron chi connectivity index (χ3n) is 2.83. The highest BCUT2D eigenvalue weighted by Gasteiger charge is 2.21. The van der Waals surface area contributed by atoms with Crippen LogP contribution in [0.5, 0.6) is 0 Å². The Kier molecular flexibility index (Phi) is 5.15. The molecular weight excluding hydrogens is 306 g/mol. The molecule has 0 bridgehead atoms. The molecule has 0 atom stereocenters. The standard InChI is InChI=1S/C15H15NO3S2/c1-16(21(18,19)15-5-3-11-20-15)12-14-8-6-13(7-9-14)4-2-10-17/h3,5-9,11,17H,10,12H2,1H3. The van der Waals surface area contributed by atoms with E-state index >= 15 is 0 Å². The van der Waals surface area contributed by atoms with Gasteiger partial charge in [-0.3, -0.25) is 0 Å². The van der Waals surface area contributed by atoms with Crippen molar-refractivity contribution in [3.63, 3.8) is 0 Å². The maximum Gasteiger partial charge on any atom is 0.252 e. The van der Waals surface area contributed by atoms with Gasteiger partial charge in [-0.05, 0) is 29.1 Å². The van der Waals surface area contributed by atoms with Crippen LogP contribution >= 0.6 is 11.3 Å². The number of benzene rings is 1. The summed E-state index contributed by atoms with van der Waals surface area (Å²) in [6, 6.07) is 10.6. The predicted molar refractivity (Wildman–Crippen MR) is 83.4 cm³/mol. The molecule has 0 saturated carbocycles. The third-order valence-corrected chi connectivity index (χ3v) is 6.01. The number of hydrogen-bond acceptors (Lipinski definition) is 4. The Morgan fingerprint density at radius 2 is 1.95 bits per heavy atom. The summed E-state index contributed by atoms with van der Waals surface area (Å²) in [5, 5.41) is 10.4. The monoisotopic (exact) mass is 321 g/mol. The second-order valence-electron chi connectivity index (χ2n) is 4.35. The summed E-state index contributed by atoms with van der Waals surface area (Å²) in [4.78, 5) is 0. The SMILES string of the molecule is CN(Cc1ccc(C#CCO)cc1)S(=O)(=O)c1cccs1. The molecule has 1 N–H and O–H groups in total. The Morgan fingerprint density at radius 3 is 2.52 bits per heavy atom. The lowest BCUT2D eigenvalue weighted by molar-refractivity contribution is 0.350. The summed E-state index contributed by atoms with van der Waals surface area (Å²) < 4.78 is 26.3. The van der Waals surface area contributed by atoms with Crippen LogP contribution in [0.25, 0.3) is 0 Å². The van der Waals surface area contributed by atoms with Gasteiger partial charge in [0, 0.05) is 19.2 Å². The maximum atomic E-state index is 12.3. The van der Waals surface area contributed by atoms with Gasteiger partial charge in [0.1, 0.15) is 10.8 Å². The summed E-state index contributed by atoms with van der Waals surface area (Å²) in [6.45, 7) is 0.123. The van der Waals surface area contributed by atoms with Crippen molar-refractivity contribution in [2.45, 2.75) is 10.8 Å². The molecule has 0 spiro atoms. The fourth-order valence-electron chi connectivity index (χ4n) is 1.74. The average Bonchev–Trinajstić information content (AvgIpc) is 3.01. The van der Waals surface area contributed by atoms with Crippen LogP contribution in [0.1, 0.15) is 11.1 Å². The fraction of sp³-hybridized carbons (Fsp3) is 0.200. The number of aliphatic hydroxyl groups is 1. The zero-order valence-electron chi connectivity index (χ0n) is 11.5. The van der Waals surface area contributed by atoms with Gasteiger partial charge in [0.05, 0.1) is 0 Å². The van der Waals surface area contributed by atoms with Gasteiger partial charge in [0.25, 0.3) is 10.0 Å². The molecule has 0 aliphatic rings. The van der Waals surface area contributed by atoms with E-state index in [4.69, 9.17) is 5.11 Å². The predicted octanol–water partition coefficient (Wildman–Crippen LogP) is 1.91. The highest BCUT2D eigenvalue weighted by molar-refractivity contribution is 7.91. The van der Waals surface area contributed by atoms with Crippen molar-refractivity contribution in [3.05, 3.63) is 52.9 Å². The molecule has 0 saturated heterocycles. The van der Waals surface area contributed by atoms with Gasteiger partial charge in [0.2, 0.25) is 0 Å². The van der Waals surface area contributed by atoms with Crippen LogP contribution < -0.4 is 0 Å².